The number of amides is 2. The summed E-state index contributed by atoms with van der Waals surface area (Å²) in [7, 11) is 1.59. The van der Waals surface area contributed by atoms with Crippen molar-refractivity contribution in [2.24, 2.45) is 0 Å². The molecule has 0 radical (unpaired) electrons. The van der Waals surface area contributed by atoms with Gasteiger partial charge in [0.15, 0.2) is 0 Å². The molecular weight excluding hydrogens is 421 g/mol. The van der Waals surface area contributed by atoms with Crippen LogP contribution < -0.4 is 10.1 Å². The first-order chi connectivity index (χ1) is 16.0. The maximum atomic E-state index is 14.0. The third-order valence-corrected chi connectivity index (χ3v) is 5.93. The zero-order chi connectivity index (χ0) is 23.4. The van der Waals surface area contributed by atoms with Crippen molar-refractivity contribution >= 4 is 17.5 Å². The highest BCUT2D eigenvalue weighted by atomic mass is 19.1. The van der Waals surface area contributed by atoms with E-state index in [2.05, 4.69) is 10.3 Å². The summed E-state index contributed by atoms with van der Waals surface area (Å²) in [4.78, 5) is 32.1. The topological polar surface area (TPSA) is 71.5 Å². The fraction of sp³-hybridized carbons (Fsp3) is 0.269. The van der Waals surface area contributed by atoms with Crippen LogP contribution in [0.2, 0.25) is 0 Å². The summed E-state index contributed by atoms with van der Waals surface area (Å²) in [6.45, 7) is 2.85. The largest absolute Gasteiger partial charge is 0.497 e. The van der Waals surface area contributed by atoms with Gasteiger partial charge in [0.2, 0.25) is 0 Å². The SMILES string of the molecule is COc1ccc(NC(=O)c2ccc(C)nc2C2CCN(C(=O)c3ccccc3F)CC2)cc1. The summed E-state index contributed by atoms with van der Waals surface area (Å²) in [5, 5.41) is 2.92. The quantitative estimate of drug-likeness (QED) is 0.609. The van der Waals surface area contributed by atoms with Crippen LogP contribution in [-0.4, -0.2) is 41.9 Å². The number of carbonyl (C=O) groups is 2. The molecular formula is C26H26FN3O3. The molecule has 2 heterocycles. The van der Waals surface area contributed by atoms with Crippen LogP contribution in [0.3, 0.4) is 0 Å². The van der Waals surface area contributed by atoms with Gasteiger partial charge in [0.25, 0.3) is 11.8 Å². The molecule has 7 heteroatoms. The number of hydrogen-bond acceptors (Lipinski definition) is 4. The van der Waals surface area contributed by atoms with Crippen LogP contribution in [0.5, 0.6) is 5.75 Å². The van der Waals surface area contributed by atoms with E-state index in [-0.39, 0.29) is 23.3 Å². The van der Waals surface area contributed by atoms with Gasteiger partial charge < -0.3 is 15.0 Å². The minimum absolute atomic E-state index is 0.0335. The zero-order valence-electron chi connectivity index (χ0n) is 18.7. The lowest BCUT2D eigenvalue weighted by molar-refractivity contribution is 0.0706. The molecule has 1 saturated heterocycles. The Bertz CT molecular complexity index is 1160. The maximum absolute atomic E-state index is 14.0. The Morgan fingerprint density at radius 3 is 2.36 bits per heavy atom. The summed E-state index contributed by atoms with van der Waals surface area (Å²) in [6, 6.07) is 16.8. The molecule has 4 rings (SSSR count). The van der Waals surface area contributed by atoms with Crippen molar-refractivity contribution in [1.82, 2.24) is 9.88 Å². The van der Waals surface area contributed by atoms with Crippen molar-refractivity contribution in [3.05, 3.63) is 89.0 Å². The second kappa shape index (κ2) is 9.81. The number of ether oxygens (including phenoxy) is 1. The number of rotatable bonds is 5. The summed E-state index contributed by atoms with van der Waals surface area (Å²) < 4.78 is 19.2. The molecule has 170 valence electrons. The van der Waals surface area contributed by atoms with E-state index < -0.39 is 5.82 Å². The normalized spacial score (nSPS) is 14.1. The van der Waals surface area contributed by atoms with Crippen molar-refractivity contribution in [1.29, 1.82) is 0 Å². The summed E-state index contributed by atoms with van der Waals surface area (Å²) >= 11 is 0. The fourth-order valence-electron chi connectivity index (χ4n) is 4.11. The van der Waals surface area contributed by atoms with E-state index >= 15 is 0 Å². The number of nitrogens with one attached hydrogen (secondary N) is 1. The first-order valence-electron chi connectivity index (χ1n) is 10.9. The van der Waals surface area contributed by atoms with Gasteiger partial charge in [-0.15, -0.1) is 0 Å². The van der Waals surface area contributed by atoms with E-state index in [1.165, 1.54) is 12.1 Å². The molecule has 0 unspecified atom stereocenters. The van der Waals surface area contributed by atoms with Crippen LogP contribution in [-0.2, 0) is 0 Å². The molecule has 2 amide bonds. The fourth-order valence-corrected chi connectivity index (χ4v) is 4.11. The average Bonchev–Trinajstić information content (AvgIpc) is 2.84. The summed E-state index contributed by atoms with van der Waals surface area (Å²) in [5.74, 6) is -0.301. The Morgan fingerprint density at radius 1 is 1.00 bits per heavy atom. The van der Waals surface area contributed by atoms with E-state index in [0.717, 1.165) is 11.4 Å². The van der Waals surface area contributed by atoms with Crippen LogP contribution in [0, 0.1) is 12.7 Å². The molecule has 0 atom stereocenters. The van der Waals surface area contributed by atoms with Crippen LogP contribution in [0.4, 0.5) is 10.1 Å². The second-order valence-corrected chi connectivity index (χ2v) is 8.11. The van der Waals surface area contributed by atoms with Gasteiger partial charge in [-0.1, -0.05) is 12.1 Å². The molecule has 0 spiro atoms. The molecule has 1 aliphatic rings. The molecule has 6 nitrogen and oxygen atoms in total. The molecule has 1 aromatic heterocycles. The van der Waals surface area contributed by atoms with E-state index in [1.54, 1.807) is 54.5 Å². The van der Waals surface area contributed by atoms with Gasteiger partial charge in [-0.2, -0.15) is 0 Å². The first-order valence-corrected chi connectivity index (χ1v) is 10.9. The molecule has 1 aliphatic heterocycles. The van der Waals surface area contributed by atoms with E-state index in [4.69, 9.17) is 4.74 Å². The predicted octanol–water partition coefficient (Wildman–Crippen LogP) is 4.81. The number of pyridine rings is 1. The Morgan fingerprint density at radius 2 is 1.70 bits per heavy atom. The molecule has 3 aromatic rings. The lowest BCUT2D eigenvalue weighted by Gasteiger charge is -2.32. The zero-order valence-corrected chi connectivity index (χ0v) is 18.7. The smallest absolute Gasteiger partial charge is 0.257 e. The number of methoxy groups -OCH3 is 1. The molecule has 33 heavy (non-hydrogen) atoms. The molecule has 0 bridgehead atoms. The van der Waals surface area contributed by atoms with Crippen molar-refractivity contribution in [2.45, 2.75) is 25.7 Å². The van der Waals surface area contributed by atoms with Gasteiger partial charge in [-0.3, -0.25) is 14.6 Å². The Labute approximate surface area is 192 Å². The van der Waals surface area contributed by atoms with Crippen LogP contribution in [0.1, 0.15) is 50.9 Å². The van der Waals surface area contributed by atoms with Crippen LogP contribution >= 0.6 is 0 Å². The van der Waals surface area contributed by atoms with Gasteiger partial charge in [-0.25, -0.2) is 4.39 Å². The van der Waals surface area contributed by atoms with Gasteiger partial charge in [-0.05, 0) is 68.3 Å². The Kier molecular flexibility index (Phi) is 6.68. The number of hydrogen-bond donors (Lipinski definition) is 1. The lowest BCUT2D eigenvalue weighted by atomic mass is 9.89. The van der Waals surface area contributed by atoms with Crippen molar-refractivity contribution in [2.75, 3.05) is 25.5 Å². The minimum Gasteiger partial charge on any atom is -0.497 e. The highest BCUT2D eigenvalue weighted by Gasteiger charge is 2.29. The standard InChI is InChI=1S/C26H26FN3O3/c1-17-7-12-22(25(31)29-19-8-10-20(33-2)11-9-19)24(28-17)18-13-15-30(16-14-18)26(32)21-5-3-4-6-23(21)27/h3-12,18H,13-16H2,1-2H3,(H,29,31). The lowest BCUT2D eigenvalue weighted by Crippen LogP contribution is -2.38. The molecule has 1 fully saturated rings. The maximum Gasteiger partial charge on any atom is 0.257 e. The van der Waals surface area contributed by atoms with Crippen molar-refractivity contribution in [3.63, 3.8) is 0 Å². The second-order valence-electron chi connectivity index (χ2n) is 8.11. The molecule has 1 N–H and O–H groups in total. The number of benzene rings is 2. The third-order valence-electron chi connectivity index (χ3n) is 5.93. The predicted molar refractivity (Wildman–Crippen MR) is 124 cm³/mol. The number of piperidine rings is 1. The first kappa shape index (κ1) is 22.5. The summed E-state index contributed by atoms with van der Waals surface area (Å²) in [6.07, 6.45) is 1.30. The van der Waals surface area contributed by atoms with Gasteiger partial charge in [0, 0.05) is 30.4 Å². The minimum atomic E-state index is -0.512. The molecule has 0 aliphatic carbocycles. The van der Waals surface area contributed by atoms with E-state index in [0.29, 0.717) is 42.9 Å². The van der Waals surface area contributed by atoms with Gasteiger partial charge >= 0.3 is 0 Å². The number of aromatic nitrogens is 1. The number of carbonyl (C=O) groups excluding carboxylic acids is 2. The number of halogens is 1. The van der Waals surface area contributed by atoms with Crippen LogP contribution in [0.15, 0.2) is 60.7 Å². The highest BCUT2D eigenvalue weighted by molar-refractivity contribution is 6.05. The number of nitrogens with zero attached hydrogens (tertiary/aromatic N) is 2. The average molecular weight is 448 g/mol. The van der Waals surface area contributed by atoms with Gasteiger partial charge in [0.05, 0.1) is 23.9 Å². The number of anilines is 1. The third kappa shape index (κ3) is 5.03. The number of aryl methyl sites for hydroxylation is 1. The Balaban J connectivity index is 1.48. The molecule has 2 aromatic carbocycles. The monoisotopic (exact) mass is 447 g/mol. The van der Waals surface area contributed by atoms with Gasteiger partial charge in [0.1, 0.15) is 11.6 Å². The van der Waals surface area contributed by atoms with Crippen LogP contribution in [0.25, 0.3) is 0 Å². The number of likely N-dealkylation sites (tertiary alicyclic amines) is 1. The highest BCUT2D eigenvalue weighted by Crippen LogP contribution is 2.31. The van der Waals surface area contributed by atoms with E-state index in [9.17, 15) is 14.0 Å². The van der Waals surface area contributed by atoms with E-state index in [1.807, 2.05) is 13.0 Å². The summed E-state index contributed by atoms with van der Waals surface area (Å²) in [5.41, 5.74) is 2.84. The van der Waals surface area contributed by atoms with Crippen molar-refractivity contribution < 1.29 is 18.7 Å². The Hall–Kier alpha value is -3.74. The molecule has 0 saturated carbocycles. The van der Waals surface area contributed by atoms with Crippen molar-refractivity contribution in [3.8, 4) is 5.75 Å².